The summed E-state index contributed by atoms with van der Waals surface area (Å²) in [5.74, 6) is -0.468. The van der Waals surface area contributed by atoms with Crippen molar-refractivity contribution in [1.82, 2.24) is 0 Å². The highest BCUT2D eigenvalue weighted by atomic mass is 35.5. The van der Waals surface area contributed by atoms with Crippen LogP contribution in [0.4, 0.5) is 5.69 Å². The Morgan fingerprint density at radius 3 is 2.46 bits per heavy atom. The van der Waals surface area contributed by atoms with Crippen molar-refractivity contribution in [2.75, 3.05) is 11.4 Å². The van der Waals surface area contributed by atoms with Crippen molar-refractivity contribution in [3.8, 4) is 5.75 Å². The van der Waals surface area contributed by atoms with E-state index in [0.29, 0.717) is 23.0 Å². The molecular weight excluding hydrogens is 350 g/mol. The van der Waals surface area contributed by atoms with Crippen molar-refractivity contribution < 1.29 is 14.3 Å². The number of rotatable bonds is 3. The van der Waals surface area contributed by atoms with Crippen LogP contribution in [0.1, 0.15) is 32.8 Å². The van der Waals surface area contributed by atoms with Crippen molar-refractivity contribution in [3.05, 3.63) is 59.1 Å². The highest BCUT2D eigenvalue weighted by molar-refractivity contribution is 6.30. The number of hydrogen-bond donors (Lipinski definition) is 0. The number of anilines is 1. The van der Waals surface area contributed by atoms with Gasteiger partial charge in [-0.1, -0.05) is 50.6 Å². The Balaban J connectivity index is 1.67. The second-order valence-corrected chi connectivity index (χ2v) is 8.02. The molecule has 0 aromatic heterocycles. The second kappa shape index (κ2) is 7.12. The van der Waals surface area contributed by atoms with Gasteiger partial charge in [0.1, 0.15) is 5.75 Å². The van der Waals surface area contributed by atoms with E-state index in [2.05, 4.69) is 20.8 Å². The van der Waals surface area contributed by atoms with Gasteiger partial charge in [0.05, 0.1) is 5.92 Å². The number of hydrogen-bond acceptors (Lipinski definition) is 3. The van der Waals surface area contributed by atoms with Crippen molar-refractivity contribution >= 4 is 29.2 Å². The minimum Gasteiger partial charge on any atom is -0.426 e. The van der Waals surface area contributed by atoms with Gasteiger partial charge in [-0.3, -0.25) is 9.59 Å². The first-order valence-corrected chi connectivity index (χ1v) is 9.00. The summed E-state index contributed by atoms with van der Waals surface area (Å²) >= 11 is 5.99. The number of ether oxygens (including phenoxy) is 1. The zero-order valence-corrected chi connectivity index (χ0v) is 15.9. The van der Waals surface area contributed by atoms with Crippen molar-refractivity contribution in [2.24, 2.45) is 5.92 Å². The lowest BCUT2D eigenvalue weighted by molar-refractivity contribution is -0.139. The van der Waals surface area contributed by atoms with E-state index in [1.165, 1.54) is 5.56 Å². The summed E-state index contributed by atoms with van der Waals surface area (Å²) in [6, 6.07) is 14.6. The van der Waals surface area contributed by atoms with Gasteiger partial charge in [-0.25, -0.2) is 0 Å². The Bertz CT molecular complexity index is 824. The summed E-state index contributed by atoms with van der Waals surface area (Å²) in [5, 5.41) is 0.556. The maximum atomic E-state index is 12.5. The number of esters is 1. The number of nitrogens with zero attached hydrogens (tertiary/aromatic N) is 1. The molecule has 1 amide bonds. The number of benzene rings is 2. The molecule has 0 unspecified atom stereocenters. The highest BCUT2D eigenvalue weighted by Gasteiger charge is 2.36. The highest BCUT2D eigenvalue weighted by Crippen LogP contribution is 2.29. The lowest BCUT2D eigenvalue weighted by atomic mass is 9.87. The van der Waals surface area contributed by atoms with Gasteiger partial charge in [-0.15, -0.1) is 0 Å². The van der Waals surface area contributed by atoms with Crippen LogP contribution in [0.25, 0.3) is 0 Å². The number of halogens is 1. The quantitative estimate of drug-likeness (QED) is 0.585. The Morgan fingerprint density at radius 1 is 1.15 bits per heavy atom. The predicted octanol–water partition coefficient (Wildman–Crippen LogP) is 4.60. The fourth-order valence-electron chi connectivity index (χ4n) is 2.98. The molecule has 3 rings (SSSR count). The van der Waals surface area contributed by atoms with E-state index in [-0.39, 0.29) is 23.7 Å². The standard InChI is InChI=1S/C21H22ClNO3/c1-21(2,3)15-7-9-18(10-8-15)26-20(25)14-11-19(24)23(13-14)17-6-4-5-16(22)12-17/h4-10,12,14H,11,13H2,1-3H3/t14-/m1/s1. The van der Waals surface area contributed by atoms with Gasteiger partial charge in [0.15, 0.2) is 0 Å². The van der Waals surface area contributed by atoms with Crippen molar-refractivity contribution in [2.45, 2.75) is 32.6 Å². The molecule has 0 aliphatic carbocycles. The summed E-state index contributed by atoms with van der Waals surface area (Å²) in [6.07, 6.45) is 0.144. The number of carbonyl (C=O) groups excluding carboxylic acids is 2. The van der Waals surface area contributed by atoms with Gasteiger partial charge < -0.3 is 9.64 Å². The largest absolute Gasteiger partial charge is 0.426 e. The van der Waals surface area contributed by atoms with Crippen LogP contribution in [0.2, 0.25) is 5.02 Å². The third kappa shape index (κ3) is 4.07. The monoisotopic (exact) mass is 371 g/mol. The van der Waals surface area contributed by atoms with Crippen LogP contribution in [0.3, 0.4) is 0 Å². The zero-order valence-electron chi connectivity index (χ0n) is 15.2. The molecule has 1 atom stereocenters. The number of carbonyl (C=O) groups is 2. The van der Waals surface area contributed by atoms with Gasteiger partial charge in [-0.05, 0) is 41.3 Å². The minimum atomic E-state index is -0.483. The van der Waals surface area contributed by atoms with E-state index in [9.17, 15) is 9.59 Å². The average molecular weight is 372 g/mol. The molecule has 2 aromatic carbocycles. The molecule has 1 fully saturated rings. The lowest BCUT2D eigenvalue weighted by Crippen LogP contribution is -2.27. The van der Waals surface area contributed by atoms with Crippen LogP contribution in [0.5, 0.6) is 5.75 Å². The summed E-state index contributed by atoms with van der Waals surface area (Å²) < 4.78 is 5.48. The van der Waals surface area contributed by atoms with E-state index in [1.807, 2.05) is 18.2 Å². The van der Waals surface area contributed by atoms with Gasteiger partial charge >= 0.3 is 5.97 Å². The molecule has 4 nitrogen and oxygen atoms in total. The van der Waals surface area contributed by atoms with Crippen LogP contribution in [-0.4, -0.2) is 18.4 Å². The Kier molecular flexibility index (Phi) is 5.05. The van der Waals surface area contributed by atoms with Gasteiger partial charge in [-0.2, -0.15) is 0 Å². The first-order valence-electron chi connectivity index (χ1n) is 8.62. The van der Waals surface area contributed by atoms with Gasteiger partial charge in [0.25, 0.3) is 0 Å². The van der Waals surface area contributed by atoms with Crippen LogP contribution >= 0.6 is 11.6 Å². The molecule has 0 radical (unpaired) electrons. The molecule has 1 heterocycles. The molecule has 0 bridgehead atoms. The van der Waals surface area contributed by atoms with E-state index in [0.717, 1.165) is 0 Å². The normalized spacial score (nSPS) is 17.5. The van der Waals surface area contributed by atoms with Gasteiger partial charge in [0, 0.05) is 23.7 Å². The van der Waals surface area contributed by atoms with Gasteiger partial charge in [0.2, 0.25) is 5.91 Å². The van der Waals surface area contributed by atoms with E-state index < -0.39 is 5.92 Å². The first-order chi connectivity index (χ1) is 12.2. The third-order valence-electron chi connectivity index (χ3n) is 4.52. The predicted molar refractivity (Wildman–Crippen MR) is 103 cm³/mol. The number of amides is 1. The SMILES string of the molecule is CC(C)(C)c1ccc(OC(=O)[C@@H]2CC(=O)N(c3cccc(Cl)c3)C2)cc1. The smallest absolute Gasteiger partial charge is 0.316 e. The lowest BCUT2D eigenvalue weighted by Gasteiger charge is -2.19. The van der Waals surface area contributed by atoms with E-state index >= 15 is 0 Å². The third-order valence-corrected chi connectivity index (χ3v) is 4.75. The summed E-state index contributed by atoms with van der Waals surface area (Å²) in [4.78, 5) is 26.3. The molecule has 26 heavy (non-hydrogen) atoms. The Labute approximate surface area is 158 Å². The summed E-state index contributed by atoms with van der Waals surface area (Å²) in [6.45, 7) is 6.69. The fourth-order valence-corrected chi connectivity index (χ4v) is 3.17. The molecule has 0 spiro atoms. The summed E-state index contributed by atoms with van der Waals surface area (Å²) in [5.41, 5.74) is 1.91. The molecule has 0 N–H and O–H groups in total. The van der Waals surface area contributed by atoms with Crippen LogP contribution < -0.4 is 9.64 Å². The Hall–Kier alpha value is -2.33. The molecule has 1 aliphatic rings. The molecule has 5 heteroatoms. The average Bonchev–Trinajstić information content (AvgIpc) is 2.96. The van der Waals surface area contributed by atoms with Crippen molar-refractivity contribution in [1.29, 1.82) is 0 Å². The molecule has 0 saturated carbocycles. The van der Waals surface area contributed by atoms with E-state index in [1.54, 1.807) is 35.2 Å². The first kappa shape index (κ1) is 18.5. The minimum absolute atomic E-state index is 0.0396. The molecule has 1 aliphatic heterocycles. The molecule has 1 saturated heterocycles. The van der Waals surface area contributed by atoms with E-state index in [4.69, 9.17) is 16.3 Å². The van der Waals surface area contributed by atoms with Crippen molar-refractivity contribution in [3.63, 3.8) is 0 Å². The molecule has 136 valence electrons. The van der Waals surface area contributed by atoms with Crippen LogP contribution in [0, 0.1) is 5.92 Å². The Morgan fingerprint density at radius 2 is 1.85 bits per heavy atom. The topological polar surface area (TPSA) is 46.6 Å². The summed E-state index contributed by atoms with van der Waals surface area (Å²) in [7, 11) is 0. The maximum absolute atomic E-state index is 12.5. The molecule has 2 aromatic rings. The zero-order chi connectivity index (χ0) is 18.9. The van der Waals surface area contributed by atoms with Crippen LogP contribution in [-0.2, 0) is 15.0 Å². The molecular formula is C21H22ClNO3. The maximum Gasteiger partial charge on any atom is 0.316 e. The fraction of sp³-hybridized carbons (Fsp3) is 0.333. The van der Waals surface area contributed by atoms with Crippen LogP contribution in [0.15, 0.2) is 48.5 Å². The second-order valence-electron chi connectivity index (χ2n) is 7.58.